The van der Waals surface area contributed by atoms with Crippen LogP contribution in [0.1, 0.15) is 208 Å². The summed E-state index contributed by atoms with van der Waals surface area (Å²) in [6.45, 7) is 14.6. The van der Waals surface area contributed by atoms with Gasteiger partial charge in [0.05, 0.1) is 18.9 Å². The first-order valence-electron chi connectivity index (χ1n) is 24.7. The molecule has 0 aromatic rings. The zero-order valence-electron chi connectivity index (χ0n) is 39.2. The molecule has 0 bridgehead atoms. The maximum atomic E-state index is 13.5. The maximum Gasteiger partial charge on any atom is 0.508 e. The molecule has 350 valence electrons. The van der Waals surface area contributed by atoms with Crippen LogP contribution < -0.4 is 0 Å². The van der Waals surface area contributed by atoms with Gasteiger partial charge in [0.25, 0.3) is 0 Å². The lowest BCUT2D eigenvalue weighted by Gasteiger charge is -2.30. The number of aliphatic carboxylic acids is 1. The molecule has 3 unspecified atom stereocenters. The topological polar surface area (TPSA) is 121 Å². The highest BCUT2D eigenvalue weighted by Crippen LogP contribution is 2.25. The highest BCUT2D eigenvalue weighted by molar-refractivity contribution is 5.73. The third kappa shape index (κ3) is 31.4. The molecule has 1 N–H and O–H groups in total. The number of allylic oxidation sites excluding steroid dienone is 4. The molecule has 0 spiro atoms. The molecule has 0 aliphatic carbocycles. The van der Waals surface area contributed by atoms with E-state index < -0.39 is 36.4 Å². The number of nitrogens with zero attached hydrogens (tertiary/aromatic N) is 1. The Balaban J connectivity index is 2.82. The molecule has 1 fully saturated rings. The SMILES string of the molecule is CCCCC/C=C\C/C=C\CCCCCC(OC(=O)CCC(OCCCCCCCC)OCCCCCCCC)C(CC(C)COC(=O)OC1CCN(CC)CC1)C(=O)O. The number of piperidine rings is 1. The summed E-state index contributed by atoms with van der Waals surface area (Å²) in [7, 11) is 0. The minimum absolute atomic E-state index is 0.0327. The van der Waals surface area contributed by atoms with Gasteiger partial charge in [0.1, 0.15) is 12.2 Å². The molecule has 3 atom stereocenters. The number of carbonyl (C=O) groups excluding carboxylic acids is 2. The Labute approximate surface area is 367 Å². The maximum absolute atomic E-state index is 13.5. The van der Waals surface area contributed by atoms with Crippen molar-refractivity contribution in [3.63, 3.8) is 0 Å². The minimum atomic E-state index is -1.02. The van der Waals surface area contributed by atoms with Gasteiger partial charge in [0, 0.05) is 32.7 Å². The molecule has 0 amide bonds. The summed E-state index contributed by atoms with van der Waals surface area (Å²) in [6.07, 6.45) is 32.8. The van der Waals surface area contributed by atoms with Crippen molar-refractivity contribution >= 4 is 18.1 Å². The third-order valence-electron chi connectivity index (χ3n) is 11.6. The second-order valence-electron chi connectivity index (χ2n) is 17.2. The molecule has 1 rings (SSSR count). The van der Waals surface area contributed by atoms with E-state index in [4.69, 9.17) is 23.7 Å². The van der Waals surface area contributed by atoms with Crippen molar-refractivity contribution in [1.82, 2.24) is 4.90 Å². The summed E-state index contributed by atoms with van der Waals surface area (Å²) < 4.78 is 29.4. The summed E-state index contributed by atoms with van der Waals surface area (Å²) in [4.78, 5) is 41.1. The molecule has 1 saturated heterocycles. The van der Waals surface area contributed by atoms with E-state index in [0.29, 0.717) is 26.1 Å². The van der Waals surface area contributed by atoms with Gasteiger partial charge in [0.15, 0.2) is 6.29 Å². The van der Waals surface area contributed by atoms with Crippen molar-refractivity contribution < 1.29 is 43.2 Å². The van der Waals surface area contributed by atoms with E-state index in [0.717, 1.165) is 96.7 Å². The van der Waals surface area contributed by atoms with Gasteiger partial charge in [-0.2, -0.15) is 0 Å². The number of carboxylic acids is 1. The predicted molar refractivity (Wildman–Crippen MR) is 244 cm³/mol. The van der Waals surface area contributed by atoms with Gasteiger partial charge in [-0.25, -0.2) is 4.79 Å². The van der Waals surface area contributed by atoms with Gasteiger partial charge in [-0.15, -0.1) is 0 Å². The van der Waals surface area contributed by atoms with E-state index in [1.54, 1.807) is 0 Å². The Bertz CT molecular complexity index is 1070. The number of esters is 1. The summed E-state index contributed by atoms with van der Waals surface area (Å²) in [6, 6.07) is 0. The van der Waals surface area contributed by atoms with Crippen LogP contribution in [0.15, 0.2) is 24.3 Å². The third-order valence-corrected chi connectivity index (χ3v) is 11.6. The standard InChI is InChI=1S/C50H91NO9/c1-6-10-13-16-19-20-21-22-23-24-25-26-29-32-46(45(49(53)54)41-43(5)42-58-50(55)59-44-35-37-51(9-4)38-36-44)60-47(52)33-34-48(56-39-30-27-17-14-11-7-2)57-40-31-28-18-15-12-8-3/h19-20,22-23,43-46,48H,6-18,21,24-42H2,1-5H3,(H,53,54)/b20-19-,23-22-. The van der Waals surface area contributed by atoms with E-state index in [1.165, 1.54) is 70.6 Å². The molecular formula is C50H91NO9. The van der Waals surface area contributed by atoms with E-state index >= 15 is 0 Å². The number of ether oxygens (including phenoxy) is 5. The first kappa shape index (κ1) is 55.6. The highest BCUT2D eigenvalue weighted by atomic mass is 16.7. The summed E-state index contributed by atoms with van der Waals surface area (Å²) >= 11 is 0. The van der Waals surface area contributed by atoms with Gasteiger partial charge in [-0.1, -0.05) is 142 Å². The highest BCUT2D eigenvalue weighted by Gasteiger charge is 2.33. The van der Waals surface area contributed by atoms with Crippen LogP contribution >= 0.6 is 0 Å². The zero-order valence-corrected chi connectivity index (χ0v) is 39.2. The fraction of sp³-hybridized carbons (Fsp3) is 0.860. The van der Waals surface area contributed by atoms with Crippen LogP contribution in [0, 0.1) is 11.8 Å². The van der Waals surface area contributed by atoms with Crippen molar-refractivity contribution in [3.05, 3.63) is 24.3 Å². The number of carbonyl (C=O) groups is 3. The molecule has 0 aromatic carbocycles. The Morgan fingerprint density at radius 1 is 0.683 bits per heavy atom. The summed E-state index contributed by atoms with van der Waals surface area (Å²) in [5, 5.41) is 10.5. The fourth-order valence-electron chi connectivity index (χ4n) is 7.66. The molecule has 0 aromatic heterocycles. The van der Waals surface area contributed by atoms with Crippen LogP contribution in [0.5, 0.6) is 0 Å². The Morgan fingerprint density at radius 2 is 1.22 bits per heavy atom. The van der Waals surface area contributed by atoms with Crippen molar-refractivity contribution in [1.29, 1.82) is 0 Å². The molecule has 60 heavy (non-hydrogen) atoms. The smallest absolute Gasteiger partial charge is 0.481 e. The van der Waals surface area contributed by atoms with Gasteiger partial charge in [0.2, 0.25) is 0 Å². The second kappa shape index (κ2) is 39.4. The average molecular weight is 850 g/mol. The largest absolute Gasteiger partial charge is 0.508 e. The number of carboxylic acid groups (broad SMARTS) is 1. The van der Waals surface area contributed by atoms with Crippen LogP contribution in [0.2, 0.25) is 0 Å². The van der Waals surface area contributed by atoms with Crippen molar-refractivity contribution in [3.8, 4) is 0 Å². The average Bonchev–Trinajstić information content (AvgIpc) is 3.24. The number of hydrogen-bond donors (Lipinski definition) is 1. The molecule has 0 radical (unpaired) electrons. The van der Waals surface area contributed by atoms with Gasteiger partial charge in [-0.05, 0) is 89.5 Å². The fourth-order valence-corrected chi connectivity index (χ4v) is 7.66. The molecule has 1 heterocycles. The van der Waals surface area contributed by atoms with Crippen LogP contribution in [-0.2, 0) is 33.3 Å². The summed E-state index contributed by atoms with van der Waals surface area (Å²) in [5.74, 6) is -2.66. The molecule has 1 aliphatic rings. The Hall–Kier alpha value is -2.43. The van der Waals surface area contributed by atoms with Crippen molar-refractivity contribution in [2.45, 2.75) is 226 Å². The molecule has 10 nitrogen and oxygen atoms in total. The van der Waals surface area contributed by atoms with Crippen LogP contribution in [-0.4, -0.2) is 86.1 Å². The first-order chi connectivity index (χ1) is 29.2. The molecular weight excluding hydrogens is 759 g/mol. The van der Waals surface area contributed by atoms with Crippen LogP contribution in [0.4, 0.5) is 4.79 Å². The zero-order chi connectivity index (χ0) is 43.9. The van der Waals surface area contributed by atoms with Crippen LogP contribution in [0.25, 0.3) is 0 Å². The second-order valence-corrected chi connectivity index (χ2v) is 17.2. The van der Waals surface area contributed by atoms with Gasteiger partial charge < -0.3 is 33.7 Å². The number of unbranched alkanes of at least 4 members (excludes halogenated alkanes) is 16. The number of likely N-dealkylation sites (tertiary alicyclic amines) is 1. The Kier molecular flexibility index (Phi) is 36.5. The summed E-state index contributed by atoms with van der Waals surface area (Å²) in [5.41, 5.74) is 0. The number of rotatable bonds is 40. The molecule has 0 saturated carbocycles. The van der Waals surface area contributed by atoms with Crippen molar-refractivity contribution in [2.75, 3.05) is 39.5 Å². The monoisotopic (exact) mass is 850 g/mol. The van der Waals surface area contributed by atoms with E-state index in [-0.39, 0.29) is 31.5 Å². The number of hydrogen-bond acceptors (Lipinski definition) is 9. The quantitative estimate of drug-likeness (QED) is 0.0276. The van der Waals surface area contributed by atoms with E-state index in [2.05, 4.69) is 56.9 Å². The lowest BCUT2D eigenvalue weighted by molar-refractivity contribution is -0.168. The van der Waals surface area contributed by atoms with E-state index in [1.807, 2.05) is 6.92 Å². The van der Waals surface area contributed by atoms with Gasteiger partial charge in [-0.3, -0.25) is 9.59 Å². The first-order valence-corrected chi connectivity index (χ1v) is 24.7. The van der Waals surface area contributed by atoms with Crippen molar-refractivity contribution in [2.24, 2.45) is 11.8 Å². The molecule has 10 heteroatoms. The lowest BCUT2D eigenvalue weighted by Crippen LogP contribution is -2.38. The molecule has 1 aliphatic heterocycles. The Morgan fingerprint density at radius 3 is 1.78 bits per heavy atom. The lowest BCUT2D eigenvalue weighted by atomic mass is 9.88. The predicted octanol–water partition coefficient (Wildman–Crippen LogP) is 13.2. The van der Waals surface area contributed by atoms with E-state index in [9.17, 15) is 19.5 Å². The van der Waals surface area contributed by atoms with Crippen LogP contribution in [0.3, 0.4) is 0 Å². The minimum Gasteiger partial charge on any atom is -0.481 e. The van der Waals surface area contributed by atoms with Gasteiger partial charge >= 0.3 is 18.1 Å². The normalized spacial score (nSPS) is 15.5.